The lowest BCUT2D eigenvalue weighted by Crippen LogP contribution is -2.49. The van der Waals surface area contributed by atoms with Gasteiger partial charge in [0.25, 0.3) is 5.91 Å². The van der Waals surface area contributed by atoms with Gasteiger partial charge >= 0.3 is 0 Å². The van der Waals surface area contributed by atoms with Crippen LogP contribution in [0.2, 0.25) is 0 Å². The van der Waals surface area contributed by atoms with E-state index in [4.69, 9.17) is 4.74 Å². The van der Waals surface area contributed by atoms with Crippen molar-refractivity contribution in [3.8, 4) is 5.75 Å². The van der Waals surface area contributed by atoms with Crippen molar-refractivity contribution in [2.45, 2.75) is 51.3 Å². The summed E-state index contributed by atoms with van der Waals surface area (Å²) in [6.07, 6.45) is 2.43. The number of ether oxygens (including phenoxy) is 1. The third-order valence-corrected chi connectivity index (χ3v) is 6.45. The summed E-state index contributed by atoms with van der Waals surface area (Å²) in [6.45, 7) is 4.76. The van der Waals surface area contributed by atoms with Crippen LogP contribution in [0.3, 0.4) is 0 Å². The number of nitrogens with one attached hydrogen (secondary N) is 2. The second kappa shape index (κ2) is 10.8. The molecule has 2 heterocycles. The van der Waals surface area contributed by atoms with Gasteiger partial charge in [-0.15, -0.1) is 0 Å². The number of benzene rings is 2. The van der Waals surface area contributed by atoms with E-state index in [1.165, 1.54) is 11.1 Å². The minimum absolute atomic E-state index is 0.108. The van der Waals surface area contributed by atoms with Gasteiger partial charge in [0.05, 0.1) is 24.7 Å². The van der Waals surface area contributed by atoms with Crippen LogP contribution in [0.4, 0.5) is 0 Å². The molecule has 33 heavy (non-hydrogen) atoms. The summed E-state index contributed by atoms with van der Waals surface area (Å²) < 4.78 is 5.71. The van der Waals surface area contributed by atoms with Crippen molar-refractivity contribution in [3.05, 3.63) is 64.7 Å². The van der Waals surface area contributed by atoms with Crippen molar-refractivity contribution in [2.24, 2.45) is 0 Å². The van der Waals surface area contributed by atoms with Gasteiger partial charge in [-0.3, -0.25) is 9.59 Å². The molecule has 1 saturated heterocycles. The maximum atomic E-state index is 12.9. The zero-order valence-corrected chi connectivity index (χ0v) is 19.2. The van der Waals surface area contributed by atoms with E-state index >= 15 is 0 Å². The smallest absolute Gasteiger partial charge is 0.255 e. The van der Waals surface area contributed by atoms with Crippen LogP contribution in [0, 0.1) is 0 Å². The molecule has 176 valence electrons. The molecule has 0 aliphatic carbocycles. The van der Waals surface area contributed by atoms with Crippen LogP contribution >= 0.6 is 0 Å². The topological polar surface area (TPSA) is 90.9 Å². The first-order chi connectivity index (χ1) is 16.0. The number of rotatable bonds is 8. The number of amides is 2. The monoisotopic (exact) mass is 451 g/mol. The molecule has 0 radical (unpaired) electrons. The van der Waals surface area contributed by atoms with Gasteiger partial charge in [0, 0.05) is 32.2 Å². The van der Waals surface area contributed by atoms with E-state index < -0.39 is 6.10 Å². The second-order valence-corrected chi connectivity index (χ2v) is 8.77. The van der Waals surface area contributed by atoms with E-state index in [2.05, 4.69) is 22.8 Å². The largest absolute Gasteiger partial charge is 0.493 e. The lowest BCUT2D eigenvalue weighted by Gasteiger charge is -2.30. The Kier molecular flexibility index (Phi) is 7.62. The SMILES string of the molecule is CCOc1cc(CC(=O)N2CCCC2)ccc1C(=O)NCC(O)[C@@H]1Cc2ccccc2CN1. The Balaban J connectivity index is 1.36. The van der Waals surface area contributed by atoms with Gasteiger partial charge in [0.15, 0.2) is 0 Å². The molecule has 0 bridgehead atoms. The number of nitrogens with zero attached hydrogens (tertiary/aromatic N) is 1. The van der Waals surface area contributed by atoms with Crippen molar-refractivity contribution in [3.63, 3.8) is 0 Å². The van der Waals surface area contributed by atoms with Crippen LogP contribution in [0.1, 0.15) is 46.8 Å². The quantitative estimate of drug-likeness (QED) is 0.572. The Morgan fingerprint density at radius 3 is 2.70 bits per heavy atom. The highest BCUT2D eigenvalue weighted by Crippen LogP contribution is 2.23. The maximum Gasteiger partial charge on any atom is 0.255 e. The summed E-state index contributed by atoms with van der Waals surface area (Å²) in [6, 6.07) is 13.4. The molecule has 1 unspecified atom stereocenters. The van der Waals surface area contributed by atoms with Crippen molar-refractivity contribution < 1.29 is 19.4 Å². The van der Waals surface area contributed by atoms with E-state index in [0.29, 0.717) is 30.9 Å². The fraction of sp³-hybridized carbons (Fsp3) is 0.462. The Morgan fingerprint density at radius 2 is 1.94 bits per heavy atom. The number of carbonyl (C=O) groups is 2. The summed E-state index contributed by atoms with van der Waals surface area (Å²) in [5.74, 6) is 0.267. The van der Waals surface area contributed by atoms with Crippen LogP contribution in [0.25, 0.3) is 0 Å². The molecule has 0 saturated carbocycles. The van der Waals surface area contributed by atoms with E-state index in [0.717, 1.165) is 37.9 Å². The van der Waals surface area contributed by atoms with Crippen LogP contribution in [-0.2, 0) is 24.2 Å². The fourth-order valence-corrected chi connectivity index (χ4v) is 4.58. The lowest BCUT2D eigenvalue weighted by atomic mass is 9.93. The second-order valence-electron chi connectivity index (χ2n) is 8.77. The predicted octanol–water partition coefficient (Wildman–Crippen LogP) is 2.06. The molecule has 0 aromatic heterocycles. The summed E-state index contributed by atoms with van der Waals surface area (Å²) in [7, 11) is 0. The number of hydrogen-bond donors (Lipinski definition) is 3. The number of aliphatic hydroxyl groups is 1. The Labute approximate surface area is 195 Å². The van der Waals surface area contributed by atoms with E-state index in [-0.39, 0.29) is 24.4 Å². The first-order valence-electron chi connectivity index (χ1n) is 11.8. The van der Waals surface area contributed by atoms with Gasteiger partial charge < -0.3 is 25.4 Å². The minimum Gasteiger partial charge on any atom is -0.493 e. The molecule has 4 rings (SSSR count). The molecular weight excluding hydrogens is 418 g/mol. The first-order valence-corrected chi connectivity index (χ1v) is 11.8. The Morgan fingerprint density at radius 1 is 1.18 bits per heavy atom. The number of carbonyl (C=O) groups excluding carboxylic acids is 2. The molecule has 2 aliphatic heterocycles. The lowest BCUT2D eigenvalue weighted by molar-refractivity contribution is -0.129. The van der Waals surface area contributed by atoms with Crippen LogP contribution in [0.5, 0.6) is 5.75 Å². The normalized spacial score (nSPS) is 18.5. The van der Waals surface area contributed by atoms with E-state index in [9.17, 15) is 14.7 Å². The average Bonchev–Trinajstić information content (AvgIpc) is 3.38. The minimum atomic E-state index is -0.713. The molecule has 2 aromatic carbocycles. The third kappa shape index (κ3) is 5.72. The average molecular weight is 452 g/mol. The number of aliphatic hydroxyl groups excluding tert-OH is 1. The van der Waals surface area contributed by atoms with Gasteiger partial charge in [-0.1, -0.05) is 30.3 Å². The molecular formula is C26H33N3O4. The van der Waals surface area contributed by atoms with E-state index in [1.807, 2.05) is 24.0 Å². The molecule has 0 spiro atoms. The highest BCUT2D eigenvalue weighted by atomic mass is 16.5. The number of likely N-dealkylation sites (tertiary alicyclic amines) is 1. The number of fused-ring (bicyclic) bond motifs is 1. The highest BCUT2D eigenvalue weighted by molar-refractivity contribution is 5.97. The molecule has 7 nitrogen and oxygen atoms in total. The van der Waals surface area contributed by atoms with Crippen LogP contribution < -0.4 is 15.4 Å². The molecule has 3 N–H and O–H groups in total. The summed E-state index contributed by atoms with van der Waals surface area (Å²) in [5.41, 5.74) is 3.71. The predicted molar refractivity (Wildman–Crippen MR) is 126 cm³/mol. The molecule has 2 aliphatic rings. The van der Waals surface area contributed by atoms with Crippen molar-refractivity contribution >= 4 is 11.8 Å². The van der Waals surface area contributed by atoms with Gasteiger partial charge in [0.2, 0.25) is 5.91 Å². The molecule has 2 aromatic rings. The Hall–Kier alpha value is -2.90. The van der Waals surface area contributed by atoms with Crippen molar-refractivity contribution in [2.75, 3.05) is 26.2 Å². The molecule has 2 atom stereocenters. The molecule has 2 amide bonds. The van der Waals surface area contributed by atoms with E-state index in [1.54, 1.807) is 18.2 Å². The number of hydrogen-bond acceptors (Lipinski definition) is 5. The maximum absolute atomic E-state index is 12.9. The van der Waals surface area contributed by atoms with Gasteiger partial charge in [0.1, 0.15) is 5.75 Å². The fourth-order valence-electron chi connectivity index (χ4n) is 4.58. The summed E-state index contributed by atoms with van der Waals surface area (Å²) in [5, 5.41) is 16.9. The standard InChI is InChI=1S/C26H33N3O4/c1-2-33-24-13-18(14-25(31)29-11-5-6-12-29)9-10-21(24)26(32)28-17-23(30)22-15-19-7-3-4-8-20(19)16-27-22/h3-4,7-10,13,22-23,27,30H,2,5-6,11-12,14-17H2,1H3,(H,28,32)/t22-,23?/m0/s1. The molecule has 7 heteroatoms. The third-order valence-electron chi connectivity index (χ3n) is 6.45. The molecule has 1 fully saturated rings. The Bertz CT molecular complexity index is 987. The van der Waals surface area contributed by atoms with Gasteiger partial charge in [-0.05, 0) is 55.0 Å². The highest BCUT2D eigenvalue weighted by Gasteiger charge is 2.25. The van der Waals surface area contributed by atoms with Gasteiger partial charge in [-0.2, -0.15) is 0 Å². The zero-order valence-electron chi connectivity index (χ0n) is 19.2. The van der Waals surface area contributed by atoms with Gasteiger partial charge in [-0.25, -0.2) is 0 Å². The zero-order chi connectivity index (χ0) is 23.2. The summed E-state index contributed by atoms with van der Waals surface area (Å²) in [4.78, 5) is 27.2. The first kappa shape index (κ1) is 23.3. The van der Waals surface area contributed by atoms with Crippen molar-refractivity contribution in [1.82, 2.24) is 15.5 Å². The van der Waals surface area contributed by atoms with Crippen LogP contribution in [-0.4, -0.2) is 60.2 Å². The van der Waals surface area contributed by atoms with Crippen molar-refractivity contribution in [1.29, 1.82) is 0 Å². The van der Waals surface area contributed by atoms with Crippen LogP contribution in [0.15, 0.2) is 42.5 Å². The summed E-state index contributed by atoms with van der Waals surface area (Å²) >= 11 is 0.